The van der Waals surface area contributed by atoms with E-state index in [1.54, 1.807) is 6.08 Å². The van der Waals surface area contributed by atoms with E-state index < -0.39 is 6.36 Å². The van der Waals surface area contributed by atoms with Crippen LogP contribution in [0.15, 0.2) is 47.7 Å². The minimum atomic E-state index is -4.67. The molecular formula is C25H31BrF3N5O. The summed E-state index contributed by atoms with van der Waals surface area (Å²) >= 11 is 3.34. The molecule has 2 N–H and O–H groups in total. The highest BCUT2D eigenvalue weighted by molar-refractivity contribution is 9.09. The van der Waals surface area contributed by atoms with Gasteiger partial charge in [-0.25, -0.2) is 4.98 Å². The van der Waals surface area contributed by atoms with Gasteiger partial charge in [-0.05, 0) is 50.3 Å². The number of aromatic nitrogens is 2. The zero-order valence-corrected chi connectivity index (χ0v) is 21.5. The lowest BCUT2D eigenvalue weighted by molar-refractivity contribution is -0.306. The van der Waals surface area contributed by atoms with E-state index in [9.17, 15) is 13.2 Å². The molecule has 0 aliphatic heterocycles. The van der Waals surface area contributed by atoms with Crippen molar-refractivity contribution in [2.75, 3.05) is 37.4 Å². The Morgan fingerprint density at radius 3 is 2.57 bits per heavy atom. The maximum absolute atomic E-state index is 12.8. The van der Waals surface area contributed by atoms with Crippen LogP contribution in [-0.4, -0.2) is 54.4 Å². The number of nitrogens with zero attached hydrogens (tertiary/aromatic N) is 3. The normalized spacial score (nSPS) is 23.0. The highest BCUT2D eigenvalue weighted by Crippen LogP contribution is 2.31. The average Bonchev–Trinajstić information content (AvgIpc) is 2.80. The van der Waals surface area contributed by atoms with Crippen molar-refractivity contribution < 1.29 is 17.9 Å². The summed E-state index contributed by atoms with van der Waals surface area (Å²) in [5.41, 5.74) is 1.47. The first-order chi connectivity index (χ1) is 16.7. The Bertz CT molecular complexity index is 1080. The molecule has 0 saturated heterocycles. The van der Waals surface area contributed by atoms with Gasteiger partial charge >= 0.3 is 6.36 Å². The highest BCUT2D eigenvalue weighted by Gasteiger charge is 2.34. The van der Waals surface area contributed by atoms with E-state index in [0.29, 0.717) is 30.0 Å². The minimum Gasteiger partial charge on any atom is -0.410 e. The van der Waals surface area contributed by atoms with Crippen molar-refractivity contribution in [2.24, 2.45) is 5.92 Å². The topological polar surface area (TPSA) is 62.3 Å². The van der Waals surface area contributed by atoms with Crippen LogP contribution in [0.3, 0.4) is 0 Å². The van der Waals surface area contributed by atoms with E-state index >= 15 is 0 Å². The van der Waals surface area contributed by atoms with Crippen molar-refractivity contribution in [1.29, 1.82) is 0 Å². The molecule has 0 bridgehead atoms. The van der Waals surface area contributed by atoms with Gasteiger partial charge in [0.15, 0.2) is 0 Å². The number of allylic oxidation sites excluding steroid dienone is 2. The summed E-state index contributed by atoms with van der Waals surface area (Å²) in [6.45, 7) is 1.12. The van der Waals surface area contributed by atoms with E-state index in [1.807, 2.05) is 49.3 Å². The molecule has 2 aromatic rings. The highest BCUT2D eigenvalue weighted by atomic mass is 79.9. The second kappa shape index (κ2) is 11.2. The first-order valence-electron chi connectivity index (χ1n) is 11.9. The van der Waals surface area contributed by atoms with E-state index in [2.05, 4.69) is 31.3 Å². The predicted molar refractivity (Wildman–Crippen MR) is 137 cm³/mol. The van der Waals surface area contributed by atoms with E-state index in [-0.39, 0.29) is 17.0 Å². The van der Waals surface area contributed by atoms with Crippen LogP contribution >= 0.6 is 15.9 Å². The number of anilines is 2. The summed E-state index contributed by atoms with van der Waals surface area (Å²) in [6, 6.07) is 8.30. The minimum absolute atomic E-state index is 0.0187. The van der Waals surface area contributed by atoms with E-state index in [1.165, 1.54) is 0 Å². The van der Waals surface area contributed by atoms with Gasteiger partial charge in [0.2, 0.25) is 5.95 Å². The lowest BCUT2D eigenvalue weighted by Gasteiger charge is -2.30. The van der Waals surface area contributed by atoms with Gasteiger partial charge in [-0.3, -0.25) is 0 Å². The fourth-order valence-corrected chi connectivity index (χ4v) is 5.11. The van der Waals surface area contributed by atoms with Gasteiger partial charge < -0.3 is 20.3 Å². The Labute approximate surface area is 212 Å². The maximum Gasteiger partial charge on any atom is 0.572 e. The molecule has 1 aromatic carbocycles. The Morgan fingerprint density at radius 2 is 1.86 bits per heavy atom. The SMILES string of the molecule is CN(C)c1nc(NC2CCC(CNCC3=C(OC(F)(F)F)CC(Br)C=C3)CC2)nc2ccccc12. The Balaban J connectivity index is 1.28. The Kier molecular flexibility index (Phi) is 8.21. The molecule has 10 heteroatoms. The van der Waals surface area contributed by atoms with Crippen LogP contribution in [0.2, 0.25) is 0 Å². The first-order valence-corrected chi connectivity index (χ1v) is 12.8. The predicted octanol–water partition coefficient (Wildman–Crippen LogP) is 5.77. The van der Waals surface area contributed by atoms with Crippen molar-refractivity contribution in [1.82, 2.24) is 15.3 Å². The van der Waals surface area contributed by atoms with Crippen LogP contribution in [0.1, 0.15) is 32.1 Å². The molecule has 1 unspecified atom stereocenters. The van der Waals surface area contributed by atoms with Crippen molar-refractivity contribution in [3.63, 3.8) is 0 Å². The molecule has 1 saturated carbocycles. The van der Waals surface area contributed by atoms with Gasteiger partial charge in [-0.2, -0.15) is 4.98 Å². The third kappa shape index (κ3) is 7.10. The second-order valence-electron chi connectivity index (χ2n) is 9.35. The standard InChI is InChI=1S/C25H31BrF3N5O/c1-34(2)23-20-5-3-4-6-21(20)32-24(33-23)31-19-11-7-16(8-12-19)14-30-15-17-9-10-18(26)13-22(17)35-25(27,28)29/h3-6,9-10,16,18-19,30H,7-8,11-15H2,1-2H3,(H,31,32,33). The third-order valence-electron chi connectivity index (χ3n) is 6.42. The van der Waals surface area contributed by atoms with Gasteiger partial charge in [0.25, 0.3) is 0 Å². The van der Waals surface area contributed by atoms with Crippen LogP contribution < -0.4 is 15.5 Å². The van der Waals surface area contributed by atoms with Gasteiger partial charge in [-0.15, -0.1) is 13.2 Å². The van der Waals surface area contributed by atoms with Gasteiger partial charge in [0, 0.05) is 48.9 Å². The maximum atomic E-state index is 12.8. The third-order valence-corrected chi connectivity index (χ3v) is 7.05. The zero-order chi connectivity index (χ0) is 25.0. The number of ether oxygens (including phenoxy) is 1. The molecule has 1 atom stereocenters. The molecule has 190 valence electrons. The number of halogens is 4. The van der Waals surface area contributed by atoms with Crippen molar-refractivity contribution in [3.8, 4) is 0 Å². The van der Waals surface area contributed by atoms with Gasteiger partial charge in [0.05, 0.1) is 5.52 Å². The molecule has 1 heterocycles. The summed E-state index contributed by atoms with van der Waals surface area (Å²) in [5, 5.41) is 7.88. The molecule has 0 amide bonds. The first kappa shape index (κ1) is 25.8. The smallest absolute Gasteiger partial charge is 0.410 e. The van der Waals surface area contributed by atoms with Crippen LogP contribution in [0.5, 0.6) is 0 Å². The van der Waals surface area contributed by atoms with Crippen molar-refractivity contribution >= 4 is 38.6 Å². The quantitative estimate of drug-likeness (QED) is 0.404. The van der Waals surface area contributed by atoms with E-state index in [4.69, 9.17) is 9.97 Å². The summed E-state index contributed by atoms with van der Waals surface area (Å²) in [6.07, 6.45) is 3.14. The Hall–Kier alpha value is -2.33. The van der Waals surface area contributed by atoms with Crippen LogP contribution in [0.25, 0.3) is 10.9 Å². The molecule has 35 heavy (non-hydrogen) atoms. The number of alkyl halides is 4. The lowest BCUT2D eigenvalue weighted by Crippen LogP contribution is -2.33. The molecule has 0 radical (unpaired) electrons. The summed E-state index contributed by atoms with van der Waals surface area (Å²) in [5.74, 6) is 2.00. The molecule has 2 aliphatic rings. The summed E-state index contributed by atoms with van der Waals surface area (Å²) < 4.78 is 42.5. The summed E-state index contributed by atoms with van der Waals surface area (Å²) in [7, 11) is 3.96. The molecular weight excluding hydrogens is 523 g/mol. The zero-order valence-electron chi connectivity index (χ0n) is 19.9. The summed E-state index contributed by atoms with van der Waals surface area (Å²) in [4.78, 5) is 11.3. The fourth-order valence-electron chi connectivity index (χ4n) is 4.66. The molecule has 4 rings (SSSR count). The number of fused-ring (bicyclic) bond motifs is 1. The van der Waals surface area contributed by atoms with Crippen molar-refractivity contribution in [3.05, 3.63) is 47.7 Å². The van der Waals surface area contributed by atoms with E-state index in [0.717, 1.165) is 48.9 Å². The number of para-hydroxylation sites is 1. The lowest BCUT2D eigenvalue weighted by atomic mass is 9.86. The number of nitrogens with one attached hydrogen (secondary N) is 2. The van der Waals surface area contributed by atoms with Gasteiger partial charge in [0.1, 0.15) is 11.6 Å². The van der Waals surface area contributed by atoms with Gasteiger partial charge in [-0.1, -0.05) is 40.2 Å². The number of hydrogen-bond acceptors (Lipinski definition) is 6. The number of hydrogen-bond donors (Lipinski definition) is 2. The molecule has 1 aromatic heterocycles. The second-order valence-corrected chi connectivity index (χ2v) is 10.5. The largest absolute Gasteiger partial charge is 0.572 e. The monoisotopic (exact) mass is 553 g/mol. The number of benzene rings is 1. The average molecular weight is 554 g/mol. The molecule has 2 aliphatic carbocycles. The number of rotatable bonds is 8. The fraction of sp³-hybridized carbons (Fsp3) is 0.520. The van der Waals surface area contributed by atoms with Crippen LogP contribution in [0.4, 0.5) is 24.9 Å². The van der Waals surface area contributed by atoms with Crippen molar-refractivity contribution in [2.45, 2.75) is 49.3 Å². The molecule has 0 spiro atoms. The molecule has 6 nitrogen and oxygen atoms in total. The molecule has 1 fully saturated rings. The van der Waals surface area contributed by atoms with Crippen LogP contribution in [-0.2, 0) is 4.74 Å². The Morgan fingerprint density at radius 1 is 1.11 bits per heavy atom. The van der Waals surface area contributed by atoms with Crippen LogP contribution in [0, 0.1) is 5.92 Å².